The molecular weight excluding hydrogens is 444 g/mol. The molecule has 0 aliphatic heterocycles. The van der Waals surface area contributed by atoms with Crippen LogP contribution in [0.1, 0.15) is 29.3 Å². The molecule has 4 nitrogen and oxygen atoms in total. The molecule has 1 unspecified atom stereocenters. The number of nitrogens with zero attached hydrogens (tertiary/aromatic N) is 1. The minimum absolute atomic E-state index is 0.114. The van der Waals surface area contributed by atoms with Gasteiger partial charge in [-0.25, -0.2) is 4.98 Å². The fraction of sp³-hybridized carbons (Fsp3) is 0.250. The average Bonchev–Trinajstić information content (AvgIpc) is 2.77. The molecule has 0 spiro atoms. The number of nitrogens with one attached hydrogen (secondary N) is 1. The molecule has 3 rings (SSSR count). The predicted molar refractivity (Wildman–Crippen MR) is 101 cm³/mol. The molecule has 0 fully saturated rings. The molecule has 0 radical (unpaired) electrons. The highest BCUT2D eigenvalue weighted by Gasteiger charge is 2.17. The number of aromatic nitrogens is 2. The van der Waals surface area contributed by atoms with Gasteiger partial charge < -0.3 is 9.72 Å². The van der Waals surface area contributed by atoms with E-state index in [9.17, 15) is 4.79 Å². The molecule has 1 N–H and O–H groups in total. The van der Waals surface area contributed by atoms with Gasteiger partial charge in [0.25, 0.3) is 5.56 Å². The number of thiophene rings is 1. The van der Waals surface area contributed by atoms with Gasteiger partial charge >= 0.3 is 0 Å². The number of rotatable bonds is 3. The van der Waals surface area contributed by atoms with Crippen LogP contribution < -0.4 is 10.3 Å². The summed E-state index contributed by atoms with van der Waals surface area (Å²) in [5, 5.41) is 0.674. The molecule has 2 heterocycles. The van der Waals surface area contributed by atoms with E-state index in [0.717, 1.165) is 24.2 Å². The van der Waals surface area contributed by atoms with Crippen LogP contribution in [0.2, 0.25) is 0 Å². The van der Waals surface area contributed by atoms with Gasteiger partial charge in [-0.1, -0.05) is 15.9 Å². The topological polar surface area (TPSA) is 55.0 Å². The number of aryl methyl sites for hydroxylation is 2. The minimum atomic E-state index is -0.368. The zero-order chi connectivity index (χ0) is 16.7. The summed E-state index contributed by atoms with van der Waals surface area (Å²) in [5.74, 6) is 1.22. The third-order valence-corrected chi connectivity index (χ3v) is 5.85. The molecule has 0 aliphatic carbocycles. The first kappa shape index (κ1) is 16.7. The first-order valence-corrected chi connectivity index (χ1v) is 9.38. The number of aromatic amines is 1. The summed E-state index contributed by atoms with van der Waals surface area (Å²) < 4.78 is 7.73. The highest BCUT2D eigenvalue weighted by Crippen LogP contribution is 2.32. The number of ether oxygens (including phenoxy) is 1. The van der Waals surface area contributed by atoms with Crippen LogP contribution in [0.15, 0.2) is 31.9 Å². The molecule has 1 atom stereocenters. The number of hydrogen-bond donors (Lipinski definition) is 1. The number of halogens is 2. The van der Waals surface area contributed by atoms with Gasteiger partial charge in [-0.05, 0) is 60.5 Å². The van der Waals surface area contributed by atoms with Crippen molar-refractivity contribution in [3.8, 4) is 5.75 Å². The van der Waals surface area contributed by atoms with Crippen molar-refractivity contribution in [3.05, 3.63) is 53.8 Å². The van der Waals surface area contributed by atoms with Crippen LogP contribution >= 0.6 is 43.2 Å². The van der Waals surface area contributed by atoms with E-state index in [1.165, 1.54) is 11.3 Å². The van der Waals surface area contributed by atoms with Crippen LogP contribution in [0.4, 0.5) is 0 Å². The fourth-order valence-electron chi connectivity index (χ4n) is 2.28. The molecule has 23 heavy (non-hydrogen) atoms. The maximum absolute atomic E-state index is 12.3. The minimum Gasteiger partial charge on any atom is -0.482 e. The van der Waals surface area contributed by atoms with Crippen molar-refractivity contribution in [2.75, 3.05) is 0 Å². The van der Waals surface area contributed by atoms with Crippen molar-refractivity contribution in [3.63, 3.8) is 0 Å². The molecular formula is C16H14Br2N2O2S. The first-order chi connectivity index (χ1) is 10.9. The van der Waals surface area contributed by atoms with Crippen molar-refractivity contribution in [2.45, 2.75) is 26.9 Å². The summed E-state index contributed by atoms with van der Waals surface area (Å²) in [6.07, 6.45) is -0.368. The molecule has 0 aliphatic rings. The lowest BCUT2D eigenvalue weighted by atomic mass is 10.2. The van der Waals surface area contributed by atoms with Gasteiger partial charge in [-0.3, -0.25) is 4.79 Å². The summed E-state index contributed by atoms with van der Waals surface area (Å²) in [6, 6.07) is 5.67. The second-order valence-corrected chi connectivity index (χ2v) is 8.22. The summed E-state index contributed by atoms with van der Waals surface area (Å²) in [7, 11) is 0. The van der Waals surface area contributed by atoms with E-state index in [2.05, 4.69) is 41.8 Å². The van der Waals surface area contributed by atoms with Crippen molar-refractivity contribution >= 4 is 53.4 Å². The molecule has 7 heteroatoms. The van der Waals surface area contributed by atoms with E-state index in [4.69, 9.17) is 4.74 Å². The molecule has 3 aromatic rings. The Labute approximate surface area is 154 Å². The number of hydrogen-bond acceptors (Lipinski definition) is 4. The van der Waals surface area contributed by atoms with Gasteiger partial charge in [0.15, 0.2) is 11.9 Å². The first-order valence-electron chi connectivity index (χ1n) is 6.98. The second-order valence-electron chi connectivity index (χ2n) is 5.25. The Kier molecular flexibility index (Phi) is 4.62. The van der Waals surface area contributed by atoms with E-state index in [-0.39, 0.29) is 11.7 Å². The Balaban J connectivity index is 1.98. The fourth-order valence-corrected chi connectivity index (χ4v) is 4.46. The molecule has 0 amide bonds. The largest absolute Gasteiger partial charge is 0.482 e. The van der Waals surface area contributed by atoms with Crippen LogP contribution in [-0.4, -0.2) is 9.97 Å². The average molecular weight is 458 g/mol. The van der Waals surface area contributed by atoms with Crippen LogP contribution in [0, 0.1) is 13.8 Å². The maximum Gasteiger partial charge on any atom is 0.260 e. The molecule has 0 saturated heterocycles. The van der Waals surface area contributed by atoms with Crippen molar-refractivity contribution in [1.29, 1.82) is 0 Å². The van der Waals surface area contributed by atoms with E-state index in [1.807, 2.05) is 39.0 Å². The lowest BCUT2D eigenvalue weighted by molar-refractivity contribution is 0.215. The van der Waals surface area contributed by atoms with E-state index >= 15 is 0 Å². The van der Waals surface area contributed by atoms with Crippen LogP contribution in [0.3, 0.4) is 0 Å². The third kappa shape index (κ3) is 3.22. The summed E-state index contributed by atoms with van der Waals surface area (Å²) in [5.41, 5.74) is 0.881. The van der Waals surface area contributed by atoms with Crippen molar-refractivity contribution in [1.82, 2.24) is 9.97 Å². The van der Waals surface area contributed by atoms with Crippen LogP contribution in [-0.2, 0) is 0 Å². The molecule has 0 saturated carbocycles. The SMILES string of the molecule is Cc1sc2nc(C(C)Oc3ccc(Br)cc3Br)[nH]c(=O)c2c1C. The molecule has 1 aromatic carbocycles. The Morgan fingerprint density at radius 2 is 2.04 bits per heavy atom. The maximum atomic E-state index is 12.3. The van der Waals surface area contributed by atoms with E-state index in [1.54, 1.807) is 0 Å². The van der Waals surface area contributed by atoms with Gasteiger partial charge in [0, 0.05) is 9.35 Å². The molecule has 2 aromatic heterocycles. The lowest BCUT2D eigenvalue weighted by Crippen LogP contribution is -2.16. The summed E-state index contributed by atoms with van der Waals surface area (Å²) in [6.45, 7) is 5.81. The smallest absolute Gasteiger partial charge is 0.260 e. The highest BCUT2D eigenvalue weighted by atomic mass is 79.9. The Bertz CT molecular complexity index is 949. The second kappa shape index (κ2) is 6.37. The monoisotopic (exact) mass is 456 g/mol. The van der Waals surface area contributed by atoms with Crippen LogP contribution in [0.5, 0.6) is 5.75 Å². The number of H-pyrrole nitrogens is 1. The summed E-state index contributed by atoms with van der Waals surface area (Å²) >= 11 is 8.41. The van der Waals surface area contributed by atoms with Gasteiger partial charge in [0.1, 0.15) is 10.6 Å². The van der Waals surface area contributed by atoms with Gasteiger partial charge in [-0.15, -0.1) is 11.3 Å². The zero-order valence-corrected chi connectivity index (χ0v) is 16.7. The van der Waals surface area contributed by atoms with E-state index < -0.39 is 0 Å². The number of fused-ring (bicyclic) bond motifs is 1. The van der Waals surface area contributed by atoms with Crippen molar-refractivity contribution in [2.24, 2.45) is 0 Å². The Hall–Kier alpha value is -1.18. The van der Waals surface area contributed by atoms with E-state index in [0.29, 0.717) is 17.0 Å². The van der Waals surface area contributed by atoms with Gasteiger partial charge in [0.2, 0.25) is 0 Å². The zero-order valence-electron chi connectivity index (χ0n) is 12.7. The van der Waals surface area contributed by atoms with Gasteiger partial charge in [-0.2, -0.15) is 0 Å². The predicted octanol–water partition coefficient (Wildman–Crippen LogP) is 5.27. The Morgan fingerprint density at radius 3 is 2.74 bits per heavy atom. The highest BCUT2D eigenvalue weighted by molar-refractivity contribution is 9.11. The third-order valence-electron chi connectivity index (χ3n) is 3.64. The normalized spacial score (nSPS) is 12.6. The van der Waals surface area contributed by atoms with Crippen molar-refractivity contribution < 1.29 is 4.74 Å². The van der Waals surface area contributed by atoms with Gasteiger partial charge in [0.05, 0.1) is 9.86 Å². The quantitative estimate of drug-likeness (QED) is 0.583. The summed E-state index contributed by atoms with van der Waals surface area (Å²) in [4.78, 5) is 21.6. The Morgan fingerprint density at radius 1 is 1.30 bits per heavy atom. The standard InChI is InChI=1S/C16H14Br2N2O2S/c1-7-9(3)23-16-13(7)15(21)19-14(20-16)8(2)22-12-5-4-10(17)6-11(12)18/h4-6,8H,1-3H3,(H,19,20,21). The van der Waals surface area contributed by atoms with Crippen LogP contribution in [0.25, 0.3) is 10.2 Å². The molecule has 0 bridgehead atoms. The number of benzene rings is 1. The lowest BCUT2D eigenvalue weighted by Gasteiger charge is -2.15. The molecule has 120 valence electrons.